The van der Waals surface area contributed by atoms with Gasteiger partial charge in [0.2, 0.25) is 0 Å². The average molecular weight is 441 g/mol. The second kappa shape index (κ2) is 8.99. The number of para-hydroxylation sites is 1. The number of halogens is 2. The Morgan fingerprint density at radius 1 is 0.806 bits per heavy atom. The van der Waals surface area contributed by atoms with Crippen LogP contribution in [0.5, 0.6) is 0 Å². The van der Waals surface area contributed by atoms with Crippen LogP contribution in [-0.4, -0.2) is 25.8 Å². The molecule has 1 aliphatic heterocycles. The summed E-state index contributed by atoms with van der Waals surface area (Å²) in [5, 5.41) is 0. The van der Waals surface area contributed by atoms with E-state index in [1.165, 1.54) is 28.6 Å². The normalized spacial score (nSPS) is 15.0. The van der Waals surface area contributed by atoms with Crippen LogP contribution in [-0.2, 0) is 10.2 Å². The number of hydrogen-bond acceptors (Lipinski definition) is 2. The van der Waals surface area contributed by atoms with Crippen molar-refractivity contribution in [1.29, 1.82) is 0 Å². The highest BCUT2D eigenvalue weighted by Crippen LogP contribution is 2.33. The van der Waals surface area contributed by atoms with Crippen molar-refractivity contribution in [3.63, 3.8) is 0 Å². The van der Waals surface area contributed by atoms with E-state index < -0.39 is 10.2 Å². The molecule has 1 N–H and O–H groups in total. The molecule has 3 aromatic rings. The second-order valence-corrected chi connectivity index (χ2v) is 9.07. The predicted molar refractivity (Wildman–Crippen MR) is 119 cm³/mol. The SMILES string of the molecule is O=S(=O)(Nc1ccccc1)N1CCCC(=C(c2ccc(F)cc2)c2ccc(F)cc2)C1. The molecule has 160 valence electrons. The molecule has 0 bridgehead atoms. The van der Waals surface area contributed by atoms with Crippen molar-refractivity contribution in [2.75, 3.05) is 17.8 Å². The molecule has 0 spiro atoms. The molecule has 1 aliphatic rings. The lowest BCUT2D eigenvalue weighted by molar-refractivity contribution is 0.398. The van der Waals surface area contributed by atoms with E-state index in [1.54, 1.807) is 48.5 Å². The molecule has 3 aromatic carbocycles. The Balaban J connectivity index is 1.72. The highest BCUT2D eigenvalue weighted by molar-refractivity contribution is 7.90. The van der Waals surface area contributed by atoms with Gasteiger partial charge in [-0.05, 0) is 71.5 Å². The van der Waals surface area contributed by atoms with Gasteiger partial charge in [0.15, 0.2) is 0 Å². The van der Waals surface area contributed by atoms with Gasteiger partial charge in [-0.2, -0.15) is 12.7 Å². The number of anilines is 1. The summed E-state index contributed by atoms with van der Waals surface area (Å²) in [6.45, 7) is 0.595. The zero-order chi connectivity index (χ0) is 21.8. The van der Waals surface area contributed by atoms with Crippen molar-refractivity contribution in [1.82, 2.24) is 4.31 Å². The standard InChI is InChI=1S/C24H22F2N2O2S/c25-21-12-8-18(9-13-21)24(19-10-14-22(26)15-11-19)20-5-4-16-28(17-20)31(29,30)27-23-6-2-1-3-7-23/h1-3,6-15,27H,4-5,16-17H2. The van der Waals surface area contributed by atoms with Crippen molar-refractivity contribution in [3.8, 4) is 0 Å². The summed E-state index contributed by atoms with van der Waals surface area (Å²) in [6, 6.07) is 20.9. The molecule has 0 unspecified atom stereocenters. The van der Waals surface area contributed by atoms with Crippen LogP contribution in [0.15, 0.2) is 84.4 Å². The summed E-state index contributed by atoms with van der Waals surface area (Å²) < 4.78 is 57.0. The van der Waals surface area contributed by atoms with Crippen LogP contribution in [0.4, 0.5) is 14.5 Å². The zero-order valence-electron chi connectivity index (χ0n) is 16.8. The molecule has 0 amide bonds. The third-order valence-corrected chi connectivity index (χ3v) is 6.72. The average Bonchev–Trinajstić information content (AvgIpc) is 2.77. The lowest BCUT2D eigenvalue weighted by Crippen LogP contribution is -2.40. The molecule has 31 heavy (non-hydrogen) atoms. The Kier molecular flexibility index (Phi) is 6.15. The Morgan fingerprint density at radius 2 is 1.35 bits per heavy atom. The topological polar surface area (TPSA) is 49.4 Å². The largest absolute Gasteiger partial charge is 0.301 e. The van der Waals surface area contributed by atoms with Crippen LogP contribution < -0.4 is 4.72 Å². The van der Waals surface area contributed by atoms with Gasteiger partial charge in [0, 0.05) is 18.8 Å². The Hall–Kier alpha value is -3.03. The summed E-state index contributed by atoms with van der Waals surface area (Å²) in [7, 11) is -3.75. The molecular weight excluding hydrogens is 418 g/mol. The molecule has 7 heteroatoms. The van der Waals surface area contributed by atoms with Gasteiger partial charge >= 0.3 is 10.2 Å². The number of benzene rings is 3. The summed E-state index contributed by atoms with van der Waals surface area (Å²) in [5.74, 6) is -0.709. The molecule has 0 radical (unpaired) electrons. The number of rotatable bonds is 5. The van der Waals surface area contributed by atoms with Crippen LogP contribution >= 0.6 is 0 Å². The van der Waals surface area contributed by atoms with Crippen molar-refractivity contribution in [2.24, 2.45) is 0 Å². The summed E-state index contributed by atoms with van der Waals surface area (Å²) in [5.41, 5.74) is 3.73. The molecule has 1 fully saturated rings. The minimum atomic E-state index is -3.75. The quantitative estimate of drug-likeness (QED) is 0.591. The first-order chi connectivity index (χ1) is 14.9. The van der Waals surface area contributed by atoms with Crippen molar-refractivity contribution >= 4 is 21.5 Å². The fraction of sp³-hybridized carbons (Fsp3) is 0.167. The van der Waals surface area contributed by atoms with Gasteiger partial charge in [-0.15, -0.1) is 0 Å². The first-order valence-corrected chi connectivity index (χ1v) is 11.4. The van der Waals surface area contributed by atoms with Gasteiger partial charge in [0.1, 0.15) is 11.6 Å². The molecule has 4 rings (SSSR count). The smallest absolute Gasteiger partial charge is 0.271 e. The van der Waals surface area contributed by atoms with Crippen molar-refractivity contribution < 1.29 is 17.2 Å². The van der Waals surface area contributed by atoms with Gasteiger partial charge in [-0.3, -0.25) is 4.72 Å². The number of nitrogens with one attached hydrogen (secondary N) is 1. The molecule has 0 saturated carbocycles. The highest BCUT2D eigenvalue weighted by atomic mass is 32.2. The molecule has 0 aliphatic carbocycles. The molecule has 0 aromatic heterocycles. The Labute approximate surface area is 181 Å². The van der Waals surface area contributed by atoms with E-state index in [-0.39, 0.29) is 18.2 Å². The van der Waals surface area contributed by atoms with E-state index in [2.05, 4.69) is 4.72 Å². The van der Waals surface area contributed by atoms with Gasteiger partial charge in [-0.1, -0.05) is 42.5 Å². The summed E-state index contributed by atoms with van der Waals surface area (Å²) >= 11 is 0. The fourth-order valence-corrected chi connectivity index (χ4v) is 5.03. The predicted octanol–water partition coefficient (Wildman–Crippen LogP) is 5.22. The van der Waals surface area contributed by atoms with Gasteiger partial charge in [0.05, 0.1) is 0 Å². The third-order valence-electron chi connectivity index (χ3n) is 5.23. The lowest BCUT2D eigenvalue weighted by Gasteiger charge is -2.30. The van der Waals surface area contributed by atoms with Crippen molar-refractivity contribution in [2.45, 2.75) is 12.8 Å². The van der Waals surface area contributed by atoms with Gasteiger partial charge in [0.25, 0.3) is 0 Å². The number of hydrogen-bond donors (Lipinski definition) is 1. The van der Waals surface area contributed by atoms with Crippen LogP contribution in [0.25, 0.3) is 5.57 Å². The van der Waals surface area contributed by atoms with E-state index >= 15 is 0 Å². The van der Waals surface area contributed by atoms with E-state index in [1.807, 2.05) is 6.07 Å². The van der Waals surface area contributed by atoms with E-state index in [4.69, 9.17) is 0 Å². The van der Waals surface area contributed by atoms with Gasteiger partial charge in [-0.25, -0.2) is 8.78 Å². The van der Waals surface area contributed by atoms with Crippen LogP contribution in [0.3, 0.4) is 0 Å². The Morgan fingerprint density at radius 3 is 1.90 bits per heavy atom. The lowest BCUT2D eigenvalue weighted by atomic mass is 9.89. The fourth-order valence-electron chi connectivity index (χ4n) is 3.78. The van der Waals surface area contributed by atoms with E-state index in [9.17, 15) is 17.2 Å². The summed E-state index contributed by atoms with van der Waals surface area (Å²) in [6.07, 6.45) is 1.35. The van der Waals surface area contributed by atoms with Crippen LogP contribution in [0.1, 0.15) is 24.0 Å². The Bertz CT molecular complexity index is 1130. The molecule has 1 saturated heterocycles. The molecule has 1 heterocycles. The van der Waals surface area contributed by atoms with Crippen LogP contribution in [0, 0.1) is 11.6 Å². The highest BCUT2D eigenvalue weighted by Gasteiger charge is 2.28. The molecular formula is C24H22F2N2O2S. The summed E-state index contributed by atoms with van der Waals surface area (Å²) in [4.78, 5) is 0. The third kappa shape index (κ3) is 5.00. The molecule has 4 nitrogen and oxygen atoms in total. The second-order valence-electron chi connectivity index (χ2n) is 7.40. The monoisotopic (exact) mass is 440 g/mol. The number of piperidine rings is 1. The minimum Gasteiger partial charge on any atom is -0.271 e. The minimum absolute atomic E-state index is 0.201. The first kappa shape index (κ1) is 21.2. The molecule has 0 atom stereocenters. The maximum atomic E-state index is 13.5. The van der Waals surface area contributed by atoms with Crippen molar-refractivity contribution in [3.05, 3.63) is 107 Å². The maximum Gasteiger partial charge on any atom is 0.301 e. The van der Waals surface area contributed by atoms with E-state index in [0.717, 1.165) is 22.3 Å². The number of nitrogens with zero attached hydrogens (tertiary/aromatic N) is 1. The maximum absolute atomic E-state index is 13.5. The van der Waals surface area contributed by atoms with Gasteiger partial charge < -0.3 is 0 Å². The first-order valence-electron chi connectivity index (χ1n) is 9.99. The van der Waals surface area contributed by atoms with Crippen LogP contribution in [0.2, 0.25) is 0 Å². The van der Waals surface area contributed by atoms with E-state index in [0.29, 0.717) is 25.1 Å². The zero-order valence-corrected chi connectivity index (χ0v) is 17.6.